The van der Waals surface area contributed by atoms with Crippen LogP contribution in [0.5, 0.6) is 0 Å². The molecule has 4 rings (SSSR count). The average molecular weight is 464 g/mol. The summed E-state index contributed by atoms with van der Waals surface area (Å²) in [5.74, 6) is 0.592. The van der Waals surface area contributed by atoms with Crippen LogP contribution in [0.2, 0.25) is 0 Å². The minimum absolute atomic E-state index is 0.592. The highest BCUT2D eigenvalue weighted by atomic mass is 35.5. The van der Waals surface area contributed by atoms with E-state index >= 15 is 0 Å². The number of fused-ring (bicyclic) bond motifs is 1. The van der Waals surface area contributed by atoms with Crippen molar-refractivity contribution in [3.05, 3.63) is 76.6 Å². The summed E-state index contributed by atoms with van der Waals surface area (Å²) in [4.78, 5) is 7.12. The van der Waals surface area contributed by atoms with E-state index in [9.17, 15) is 0 Å². The maximum absolute atomic E-state index is 6.31. The summed E-state index contributed by atoms with van der Waals surface area (Å²) < 4.78 is 0. The molecule has 33 heavy (non-hydrogen) atoms. The first-order chi connectivity index (χ1) is 15.9. The lowest BCUT2D eigenvalue weighted by Gasteiger charge is -2.37. The molecule has 0 amide bonds. The molecule has 1 fully saturated rings. The molecule has 1 saturated heterocycles. The average Bonchev–Trinajstić information content (AvgIpc) is 3.03. The summed E-state index contributed by atoms with van der Waals surface area (Å²) in [5.41, 5.74) is 9.08. The zero-order valence-electron chi connectivity index (χ0n) is 20.7. The van der Waals surface area contributed by atoms with Gasteiger partial charge >= 0.3 is 0 Å². The van der Waals surface area contributed by atoms with E-state index in [1.807, 2.05) is 0 Å². The Morgan fingerprint density at radius 1 is 1.21 bits per heavy atom. The van der Waals surface area contributed by atoms with E-state index in [0.29, 0.717) is 5.92 Å². The largest absolute Gasteiger partial charge is 0.345 e. The molecule has 0 bridgehead atoms. The Bertz CT molecular complexity index is 1020. The van der Waals surface area contributed by atoms with Crippen molar-refractivity contribution < 1.29 is 0 Å². The van der Waals surface area contributed by atoms with E-state index in [4.69, 9.17) is 11.6 Å². The first-order valence-corrected chi connectivity index (χ1v) is 12.8. The summed E-state index contributed by atoms with van der Waals surface area (Å²) >= 11 is 6.31. The molecule has 0 unspecified atom stereocenters. The topological polar surface area (TPSA) is 9.72 Å². The Morgan fingerprint density at radius 2 is 1.97 bits per heavy atom. The molecule has 1 aromatic carbocycles. The van der Waals surface area contributed by atoms with Gasteiger partial charge < -0.3 is 14.7 Å². The minimum Gasteiger partial charge on any atom is -0.345 e. The number of hydrogen-bond acceptors (Lipinski definition) is 3. The molecule has 0 aromatic heterocycles. The van der Waals surface area contributed by atoms with Crippen LogP contribution >= 0.6 is 11.6 Å². The number of rotatable bonds is 5. The predicted molar refractivity (Wildman–Crippen MR) is 145 cm³/mol. The van der Waals surface area contributed by atoms with Gasteiger partial charge in [0.15, 0.2) is 0 Å². The van der Waals surface area contributed by atoms with Crippen LogP contribution in [0.1, 0.15) is 51.5 Å². The van der Waals surface area contributed by atoms with Crippen LogP contribution in [0.25, 0.3) is 5.57 Å². The van der Waals surface area contributed by atoms with Crippen LogP contribution in [-0.4, -0.2) is 38.6 Å². The number of likely N-dealkylation sites (tertiary alicyclic amines) is 1. The van der Waals surface area contributed by atoms with Gasteiger partial charge in [0.25, 0.3) is 0 Å². The minimum atomic E-state index is 0.592. The number of halogens is 1. The van der Waals surface area contributed by atoms with E-state index in [0.717, 1.165) is 49.6 Å². The quantitative estimate of drug-likeness (QED) is 0.452. The van der Waals surface area contributed by atoms with Gasteiger partial charge in [0.2, 0.25) is 0 Å². The monoisotopic (exact) mass is 463 g/mol. The molecule has 0 atom stereocenters. The maximum Gasteiger partial charge on any atom is 0.0488 e. The molecular weight excluding hydrogens is 426 g/mol. The smallest absolute Gasteiger partial charge is 0.0488 e. The molecule has 2 heterocycles. The van der Waals surface area contributed by atoms with Gasteiger partial charge in [-0.25, -0.2) is 0 Å². The standard InChI is InChI=1S/C29H38ClN3/c1-6-28(23-9-8-10-24(30)12-11-23)32(5)25-13-14-29-27(20-25)26(19-21(3)33(29)7-2)22-15-17-31(4)18-16-22/h6,11-14,19-20,22H,3,7-10,15-18H2,1-2,4-5H3/b28-6-. The number of likely N-dealkylation sites (N-methyl/N-ethyl adjacent to an activating group) is 2. The predicted octanol–water partition coefficient (Wildman–Crippen LogP) is 7.34. The van der Waals surface area contributed by atoms with Gasteiger partial charge in [-0.1, -0.05) is 30.3 Å². The van der Waals surface area contributed by atoms with Crippen LogP contribution in [0.15, 0.2) is 71.1 Å². The molecule has 3 nitrogen and oxygen atoms in total. The van der Waals surface area contributed by atoms with Crippen molar-refractivity contribution >= 4 is 28.5 Å². The van der Waals surface area contributed by atoms with Crippen LogP contribution in [0.4, 0.5) is 11.4 Å². The van der Waals surface area contributed by atoms with Crippen molar-refractivity contribution in [3.63, 3.8) is 0 Å². The first-order valence-electron chi connectivity index (χ1n) is 12.4. The van der Waals surface area contributed by atoms with Crippen molar-refractivity contribution in [2.75, 3.05) is 43.5 Å². The van der Waals surface area contributed by atoms with Crippen LogP contribution in [0, 0.1) is 5.92 Å². The van der Waals surface area contributed by atoms with Gasteiger partial charge in [-0.2, -0.15) is 0 Å². The second-order valence-corrected chi connectivity index (χ2v) is 9.99. The lowest BCUT2D eigenvalue weighted by atomic mass is 9.82. The number of benzene rings is 1. The number of anilines is 2. The van der Waals surface area contributed by atoms with Crippen molar-refractivity contribution in [3.8, 4) is 0 Å². The van der Waals surface area contributed by atoms with E-state index in [-0.39, 0.29) is 0 Å². The third-order valence-electron chi connectivity index (χ3n) is 7.40. The Kier molecular flexibility index (Phi) is 7.51. The number of allylic oxidation sites excluding steroid dienone is 7. The van der Waals surface area contributed by atoms with Crippen molar-refractivity contribution in [2.24, 2.45) is 5.92 Å². The molecule has 1 aliphatic carbocycles. The van der Waals surface area contributed by atoms with Gasteiger partial charge in [-0.15, -0.1) is 0 Å². The molecule has 0 radical (unpaired) electrons. The summed E-state index contributed by atoms with van der Waals surface area (Å²) in [6, 6.07) is 6.96. The Morgan fingerprint density at radius 3 is 2.67 bits per heavy atom. The van der Waals surface area contributed by atoms with Crippen LogP contribution in [-0.2, 0) is 0 Å². The van der Waals surface area contributed by atoms with Crippen molar-refractivity contribution in [2.45, 2.75) is 46.0 Å². The Hall–Kier alpha value is -2.23. The molecular formula is C29H38ClN3. The lowest BCUT2D eigenvalue weighted by Crippen LogP contribution is -2.32. The van der Waals surface area contributed by atoms with Crippen LogP contribution in [0.3, 0.4) is 0 Å². The number of nitrogens with zero attached hydrogens (tertiary/aromatic N) is 3. The Balaban J connectivity index is 1.70. The van der Waals surface area contributed by atoms with E-state index < -0.39 is 0 Å². The normalized spacial score (nSPS) is 20.6. The SMILES string of the molecule is C=C1C=C(C2CCN(C)CC2)c2cc(N(C)/C(=C\C)C3=CC=C(Cl)CCC3)ccc2N1CC. The molecule has 176 valence electrons. The number of hydrogen-bond donors (Lipinski definition) is 0. The highest BCUT2D eigenvalue weighted by molar-refractivity contribution is 6.29. The van der Waals surface area contributed by atoms with Gasteiger partial charge in [0.1, 0.15) is 0 Å². The van der Waals surface area contributed by atoms with Gasteiger partial charge in [-0.05, 0) is 114 Å². The molecule has 1 aromatic rings. The fraction of sp³-hybridized carbons (Fsp3) is 0.448. The molecule has 0 N–H and O–H groups in total. The zero-order valence-corrected chi connectivity index (χ0v) is 21.5. The summed E-state index contributed by atoms with van der Waals surface area (Å²) in [5, 5.41) is 0.949. The van der Waals surface area contributed by atoms with Gasteiger partial charge in [0, 0.05) is 47.0 Å². The third kappa shape index (κ3) is 5.00. The highest BCUT2D eigenvalue weighted by Gasteiger charge is 2.28. The highest BCUT2D eigenvalue weighted by Crippen LogP contribution is 2.44. The Labute approximate surface area is 205 Å². The molecule has 0 saturated carbocycles. The molecule has 3 aliphatic rings. The second kappa shape index (κ2) is 10.4. The zero-order chi connectivity index (χ0) is 23.5. The fourth-order valence-electron chi connectivity index (χ4n) is 5.47. The van der Waals surface area contributed by atoms with E-state index in [1.54, 1.807) is 0 Å². The number of piperidine rings is 1. The fourth-order valence-corrected chi connectivity index (χ4v) is 5.67. The van der Waals surface area contributed by atoms with E-state index in [1.165, 1.54) is 46.6 Å². The van der Waals surface area contributed by atoms with Gasteiger partial charge in [0.05, 0.1) is 0 Å². The summed E-state index contributed by atoms with van der Waals surface area (Å²) in [7, 11) is 4.42. The first kappa shape index (κ1) is 23.9. The van der Waals surface area contributed by atoms with E-state index in [2.05, 4.69) is 91.7 Å². The van der Waals surface area contributed by atoms with Gasteiger partial charge in [-0.3, -0.25) is 0 Å². The lowest BCUT2D eigenvalue weighted by molar-refractivity contribution is 0.248. The summed E-state index contributed by atoms with van der Waals surface area (Å²) in [6.45, 7) is 12.0. The second-order valence-electron chi connectivity index (χ2n) is 9.51. The molecule has 0 spiro atoms. The van der Waals surface area contributed by atoms with Crippen molar-refractivity contribution in [1.82, 2.24) is 4.90 Å². The molecule has 2 aliphatic heterocycles. The summed E-state index contributed by atoms with van der Waals surface area (Å²) in [6.07, 6.45) is 14.4. The third-order valence-corrected chi connectivity index (χ3v) is 7.72. The molecule has 4 heteroatoms. The van der Waals surface area contributed by atoms with Crippen LogP contribution < -0.4 is 9.80 Å². The maximum atomic E-state index is 6.31. The van der Waals surface area contributed by atoms with Crippen molar-refractivity contribution in [1.29, 1.82) is 0 Å².